The molecule has 0 unspecified atom stereocenters. The Morgan fingerprint density at radius 1 is 0.963 bits per heavy atom. The summed E-state index contributed by atoms with van der Waals surface area (Å²) >= 11 is 0.981. The molecule has 0 amide bonds. The van der Waals surface area contributed by atoms with Crippen molar-refractivity contribution < 1.29 is 26.3 Å². The molecular formula is C16H16N2O6S3. The van der Waals surface area contributed by atoms with Gasteiger partial charge in [0.25, 0.3) is 10.0 Å². The van der Waals surface area contributed by atoms with Crippen LogP contribution in [0, 0.1) is 0 Å². The zero-order valence-corrected chi connectivity index (χ0v) is 17.0. The molecule has 0 spiro atoms. The molecule has 0 aliphatic rings. The lowest BCUT2D eigenvalue weighted by atomic mass is 10.3. The Balaban J connectivity index is 1.96. The normalized spacial score (nSPS) is 12.1. The number of aromatic nitrogens is 1. The van der Waals surface area contributed by atoms with Crippen LogP contribution in [0.5, 0.6) is 11.5 Å². The third kappa shape index (κ3) is 3.99. The molecule has 3 rings (SSSR count). The number of fused-ring (bicyclic) bond motifs is 1. The number of hydrogen-bond acceptors (Lipinski definition) is 8. The molecule has 0 bridgehead atoms. The zero-order valence-electron chi connectivity index (χ0n) is 14.6. The highest BCUT2D eigenvalue weighted by Crippen LogP contribution is 2.31. The van der Waals surface area contributed by atoms with Gasteiger partial charge in [-0.1, -0.05) is 0 Å². The van der Waals surface area contributed by atoms with E-state index >= 15 is 0 Å². The number of methoxy groups -OCH3 is 2. The van der Waals surface area contributed by atoms with Crippen molar-refractivity contribution in [3.05, 3.63) is 36.4 Å². The first-order chi connectivity index (χ1) is 12.6. The van der Waals surface area contributed by atoms with E-state index in [0.29, 0.717) is 21.7 Å². The van der Waals surface area contributed by atoms with E-state index in [4.69, 9.17) is 9.47 Å². The number of rotatable bonds is 6. The Morgan fingerprint density at radius 3 is 2.30 bits per heavy atom. The average molecular weight is 429 g/mol. The molecular weight excluding hydrogens is 412 g/mol. The summed E-state index contributed by atoms with van der Waals surface area (Å²) in [5.74, 6) is 0.701. The van der Waals surface area contributed by atoms with Crippen LogP contribution in [-0.2, 0) is 19.9 Å². The van der Waals surface area contributed by atoms with Gasteiger partial charge in [-0.2, -0.15) is 0 Å². The zero-order chi connectivity index (χ0) is 19.8. The maximum absolute atomic E-state index is 12.7. The van der Waals surface area contributed by atoms with E-state index in [2.05, 4.69) is 9.71 Å². The van der Waals surface area contributed by atoms with Gasteiger partial charge in [-0.25, -0.2) is 21.8 Å². The summed E-state index contributed by atoms with van der Waals surface area (Å²) in [6.07, 6.45) is 1.07. The van der Waals surface area contributed by atoms with Gasteiger partial charge in [-0.05, 0) is 30.3 Å². The van der Waals surface area contributed by atoms with Crippen molar-refractivity contribution in [1.29, 1.82) is 0 Å². The van der Waals surface area contributed by atoms with Gasteiger partial charge in [-0.15, -0.1) is 11.3 Å². The Kier molecular flexibility index (Phi) is 5.02. The quantitative estimate of drug-likeness (QED) is 0.642. The number of nitrogens with zero attached hydrogens (tertiary/aromatic N) is 1. The molecule has 0 saturated heterocycles. The summed E-state index contributed by atoms with van der Waals surface area (Å²) < 4.78 is 61.8. The van der Waals surface area contributed by atoms with Gasteiger partial charge in [0.1, 0.15) is 0 Å². The first-order valence-electron chi connectivity index (χ1n) is 7.49. The molecule has 0 fully saturated rings. The van der Waals surface area contributed by atoms with Crippen LogP contribution < -0.4 is 14.2 Å². The van der Waals surface area contributed by atoms with Gasteiger partial charge in [0.15, 0.2) is 11.5 Å². The Morgan fingerprint density at radius 2 is 1.67 bits per heavy atom. The Bertz CT molecular complexity index is 1220. The molecule has 1 N–H and O–H groups in total. The summed E-state index contributed by atoms with van der Waals surface area (Å²) in [6.45, 7) is 0. The number of ether oxygens (including phenoxy) is 2. The van der Waals surface area contributed by atoms with E-state index in [1.165, 1.54) is 38.5 Å². The van der Waals surface area contributed by atoms with Crippen LogP contribution >= 0.6 is 11.3 Å². The van der Waals surface area contributed by atoms with Gasteiger partial charge in [-0.3, -0.25) is 4.72 Å². The Labute approximate surface area is 160 Å². The number of hydrogen-bond donors (Lipinski definition) is 1. The molecule has 144 valence electrons. The van der Waals surface area contributed by atoms with Crippen LogP contribution in [-0.4, -0.2) is 42.3 Å². The molecule has 3 aromatic rings. The average Bonchev–Trinajstić information content (AvgIpc) is 3.04. The molecule has 0 saturated carbocycles. The lowest BCUT2D eigenvalue weighted by molar-refractivity contribution is 0.354. The van der Waals surface area contributed by atoms with Crippen LogP contribution in [0.15, 0.2) is 45.6 Å². The second kappa shape index (κ2) is 6.98. The third-order valence-electron chi connectivity index (χ3n) is 3.60. The molecule has 0 atom stereocenters. The van der Waals surface area contributed by atoms with E-state index in [-0.39, 0.29) is 15.0 Å². The maximum Gasteiger partial charge on any atom is 0.262 e. The smallest absolute Gasteiger partial charge is 0.262 e. The summed E-state index contributed by atoms with van der Waals surface area (Å²) in [6, 6.07) is 8.88. The topological polar surface area (TPSA) is 112 Å². The van der Waals surface area contributed by atoms with E-state index in [1.54, 1.807) is 12.1 Å². The van der Waals surface area contributed by atoms with E-state index in [9.17, 15) is 16.8 Å². The number of anilines is 1. The number of thiazole rings is 1. The fourth-order valence-corrected chi connectivity index (χ4v) is 5.26. The molecule has 0 aliphatic heterocycles. The van der Waals surface area contributed by atoms with Crippen molar-refractivity contribution in [2.45, 2.75) is 9.24 Å². The number of benzene rings is 2. The van der Waals surface area contributed by atoms with Crippen LogP contribution in [0.25, 0.3) is 10.2 Å². The van der Waals surface area contributed by atoms with Crippen molar-refractivity contribution in [1.82, 2.24) is 4.98 Å². The van der Waals surface area contributed by atoms with E-state index in [0.717, 1.165) is 17.6 Å². The van der Waals surface area contributed by atoms with Crippen molar-refractivity contribution in [3.63, 3.8) is 0 Å². The fourth-order valence-electron chi connectivity index (χ4n) is 2.32. The third-order valence-corrected chi connectivity index (χ3v) is 7.68. The first kappa shape index (κ1) is 19.4. The SMILES string of the molecule is COc1ccc(S(=O)(=O)Nc2ccc3nc(S(C)(=O)=O)sc3c2)cc1OC. The molecule has 0 aliphatic carbocycles. The van der Waals surface area contributed by atoms with Gasteiger partial charge < -0.3 is 9.47 Å². The van der Waals surface area contributed by atoms with Crippen molar-refractivity contribution in [3.8, 4) is 11.5 Å². The minimum absolute atomic E-state index is 0.00127. The van der Waals surface area contributed by atoms with E-state index < -0.39 is 19.9 Å². The standard InChI is InChI=1S/C16H16N2O6S3/c1-23-13-7-5-11(9-14(13)24-2)27(21,22)18-10-4-6-12-15(8-10)25-16(17-12)26(3,19)20/h4-9,18H,1-3H3. The van der Waals surface area contributed by atoms with Gasteiger partial charge in [0, 0.05) is 12.3 Å². The summed E-state index contributed by atoms with van der Waals surface area (Å²) in [4.78, 5) is 4.05. The molecule has 11 heteroatoms. The second-order valence-electron chi connectivity index (χ2n) is 5.56. The maximum atomic E-state index is 12.7. The summed E-state index contributed by atoms with van der Waals surface area (Å²) in [5, 5.41) is 0. The molecule has 1 heterocycles. The van der Waals surface area contributed by atoms with Crippen LogP contribution in [0.1, 0.15) is 0 Å². The highest BCUT2D eigenvalue weighted by atomic mass is 32.2. The monoisotopic (exact) mass is 428 g/mol. The van der Waals surface area contributed by atoms with Crippen LogP contribution in [0.4, 0.5) is 5.69 Å². The molecule has 27 heavy (non-hydrogen) atoms. The predicted octanol–water partition coefficient (Wildman–Crippen LogP) is 2.52. The minimum Gasteiger partial charge on any atom is -0.493 e. The van der Waals surface area contributed by atoms with Crippen molar-refractivity contribution >= 4 is 47.1 Å². The van der Waals surface area contributed by atoms with Gasteiger partial charge in [0.2, 0.25) is 14.2 Å². The summed E-state index contributed by atoms with van der Waals surface area (Å²) in [7, 11) is -4.43. The second-order valence-corrected chi connectivity index (χ2v) is 10.5. The van der Waals surface area contributed by atoms with Crippen molar-refractivity contribution in [2.24, 2.45) is 0 Å². The summed E-state index contributed by atoms with van der Waals surface area (Å²) in [5.41, 5.74) is 0.774. The van der Waals surface area contributed by atoms with Crippen LogP contribution in [0.2, 0.25) is 0 Å². The molecule has 8 nitrogen and oxygen atoms in total. The van der Waals surface area contributed by atoms with Crippen molar-refractivity contribution in [2.75, 3.05) is 25.2 Å². The fraction of sp³-hybridized carbons (Fsp3) is 0.188. The minimum atomic E-state index is -3.88. The van der Waals surface area contributed by atoms with Gasteiger partial charge in [0.05, 0.1) is 35.0 Å². The highest BCUT2D eigenvalue weighted by Gasteiger charge is 2.19. The first-order valence-corrected chi connectivity index (χ1v) is 11.7. The predicted molar refractivity (Wildman–Crippen MR) is 103 cm³/mol. The molecule has 2 aromatic carbocycles. The number of nitrogens with one attached hydrogen (secondary N) is 1. The number of sulfonamides is 1. The number of sulfone groups is 1. The van der Waals surface area contributed by atoms with Gasteiger partial charge >= 0.3 is 0 Å². The Hall–Kier alpha value is -2.37. The largest absolute Gasteiger partial charge is 0.493 e. The lowest BCUT2D eigenvalue weighted by Gasteiger charge is -2.11. The molecule has 1 aromatic heterocycles. The highest BCUT2D eigenvalue weighted by molar-refractivity contribution is 7.93. The lowest BCUT2D eigenvalue weighted by Crippen LogP contribution is -2.13. The van der Waals surface area contributed by atoms with E-state index in [1.807, 2.05) is 0 Å². The van der Waals surface area contributed by atoms with Crippen LogP contribution in [0.3, 0.4) is 0 Å². The molecule has 0 radical (unpaired) electrons.